The van der Waals surface area contributed by atoms with Crippen molar-refractivity contribution in [2.75, 3.05) is 26.2 Å². The first-order valence-corrected chi connectivity index (χ1v) is 11.8. The molecule has 0 saturated carbocycles. The molecule has 0 spiro atoms. The summed E-state index contributed by atoms with van der Waals surface area (Å²) in [5.41, 5.74) is 0.192. The van der Waals surface area contributed by atoms with Crippen molar-refractivity contribution in [2.45, 2.75) is 24.8 Å². The third-order valence-corrected chi connectivity index (χ3v) is 7.34. The second-order valence-corrected chi connectivity index (χ2v) is 9.86. The van der Waals surface area contributed by atoms with Gasteiger partial charge in [0.25, 0.3) is 5.91 Å². The number of piperazine rings is 1. The van der Waals surface area contributed by atoms with Crippen LogP contribution in [0, 0.1) is 23.4 Å². The van der Waals surface area contributed by atoms with Gasteiger partial charge in [0.2, 0.25) is 15.9 Å². The quantitative estimate of drug-likeness (QED) is 0.684. The van der Waals surface area contributed by atoms with Crippen molar-refractivity contribution in [1.82, 2.24) is 14.5 Å². The normalized spacial score (nSPS) is 16.0. The molecule has 0 radical (unpaired) electrons. The smallest absolute Gasteiger partial charge is 0.251 e. The highest BCUT2D eigenvalue weighted by Gasteiger charge is 2.36. The summed E-state index contributed by atoms with van der Waals surface area (Å²) in [6.07, 6.45) is 0. The number of hydrogen-bond donors (Lipinski definition) is 1. The Morgan fingerprint density at radius 3 is 1.97 bits per heavy atom. The Morgan fingerprint density at radius 2 is 1.45 bits per heavy atom. The minimum absolute atomic E-state index is 0.0101. The second-order valence-electron chi connectivity index (χ2n) is 7.98. The average molecular weight is 484 g/mol. The summed E-state index contributed by atoms with van der Waals surface area (Å²) in [4.78, 5) is 25.9. The monoisotopic (exact) mass is 483 g/mol. The molecule has 2 aromatic rings. The number of benzene rings is 2. The summed E-state index contributed by atoms with van der Waals surface area (Å²) in [6.45, 7) is 3.16. The number of nitrogens with zero attached hydrogens (tertiary/aromatic N) is 2. The van der Waals surface area contributed by atoms with Crippen molar-refractivity contribution in [2.24, 2.45) is 5.92 Å². The fourth-order valence-electron chi connectivity index (χ4n) is 3.54. The zero-order valence-corrected chi connectivity index (χ0v) is 18.9. The van der Waals surface area contributed by atoms with E-state index in [-0.39, 0.29) is 37.7 Å². The first kappa shape index (κ1) is 24.7. The molecule has 33 heavy (non-hydrogen) atoms. The van der Waals surface area contributed by atoms with E-state index < -0.39 is 50.2 Å². The van der Waals surface area contributed by atoms with Crippen molar-refractivity contribution in [3.05, 3.63) is 65.5 Å². The lowest BCUT2D eigenvalue weighted by Gasteiger charge is -2.36. The number of nitrogens with one attached hydrogen (secondary N) is 1. The van der Waals surface area contributed by atoms with Crippen LogP contribution >= 0.6 is 0 Å². The molecule has 1 aliphatic heterocycles. The molecule has 1 atom stereocenters. The number of sulfonamides is 1. The molecule has 0 bridgehead atoms. The van der Waals surface area contributed by atoms with Gasteiger partial charge in [-0.3, -0.25) is 9.59 Å². The summed E-state index contributed by atoms with van der Waals surface area (Å²) in [6, 6.07) is 6.80. The first-order valence-electron chi connectivity index (χ1n) is 10.3. The van der Waals surface area contributed by atoms with E-state index >= 15 is 0 Å². The zero-order chi connectivity index (χ0) is 24.3. The fourth-order valence-corrected chi connectivity index (χ4v) is 5.07. The Labute approximate surface area is 190 Å². The summed E-state index contributed by atoms with van der Waals surface area (Å²) in [5.74, 6) is -4.09. The number of rotatable bonds is 6. The third kappa shape index (κ3) is 5.36. The summed E-state index contributed by atoms with van der Waals surface area (Å²) in [5, 5.41) is 2.65. The van der Waals surface area contributed by atoms with Crippen LogP contribution in [0.2, 0.25) is 0 Å². The molecule has 7 nitrogen and oxygen atoms in total. The van der Waals surface area contributed by atoms with Gasteiger partial charge >= 0.3 is 0 Å². The largest absolute Gasteiger partial charge is 0.340 e. The van der Waals surface area contributed by atoms with Crippen molar-refractivity contribution in [3.63, 3.8) is 0 Å². The number of carbonyl (C=O) groups excluding carboxylic acids is 2. The fraction of sp³-hybridized carbons (Fsp3) is 0.364. The Hall–Kier alpha value is -2.92. The molecular formula is C22H24F3N3O4S. The van der Waals surface area contributed by atoms with Crippen LogP contribution in [0.15, 0.2) is 47.4 Å². The second kappa shape index (κ2) is 9.92. The standard InChI is InChI=1S/C22H24F3N3O4S/c1-14(2)19(26-21(29)15-6-8-16(23)9-7-15)22(30)27-10-12-28(13-11-27)33(31,32)20-17(24)4-3-5-18(20)25/h3-9,14,19H,10-13H2,1-2H3,(H,26,29). The van der Waals surface area contributed by atoms with E-state index in [2.05, 4.69) is 5.32 Å². The molecule has 1 fully saturated rings. The molecular weight excluding hydrogens is 459 g/mol. The van der Waals surface area contributed by atoms with E-state index in [1.54, 1.807) is 13.8 Å². The van der Waals surface area contributed by atoms with Crippen molar-refractivity contribution in [3.8, 4) is 0 Å². The van der Waals surface area contributed by atoms with Crippen LogP contribution in [-0.4, -0.2) is 61.7 Å². The highest BCUT2D eigenvalue weighted by molar-refractivity contribution is 7.89. The van der Waals surface area contributed by atoms with Crippen LogP contribution in [0.5, 0.6) is 0 Å². The Bertz CT molecular complexity index is 1110. The van der Waals surface area contributed by atoms with Gasteiger partial charge in [-0.15, -0.1) is 0 Å². The van der Waals surface area contributed by atoms with E-state index in [0.717, 1.165) is 34.6 Å². The molecule has 1 heterocycles. The number of hydrogen-bond acceptors (Lipinski definition) is 4. The topological polar surface area (TPSA) is 86.8 Å². The van der Waals surface area contributed by atoms with Crippen LogP contribution in [0.3, 0.4) is 0 Å². The van der Waals surface area contributed by atoms with Gasteiger partial charge in [-0.2, -0.15) is 4.31 Å². The average Bonchev–Trinajstić information content (AvgIpc) is 2.77. The lowest BCUT2D eigenvalue weighted by atomic mass is 10.0. The Kier molecular flexibility index (Phi) is 7.43. The van der Waals surface area contributed by atoms with E-state index in [1.165, 1.54) is 17.0 Å². The van der Waals surface area contributed by atoms with Crippen LogP contribution in [0.25, 0.3) is 0 Å². The number of halogens is 3. The van der Waals surface area contributed by atoms with Gasteiger partial charge in [0.05, 0.1) is 0 Å². The van der Waals surface area contributed by atoms with Gasteiger partial charge in [0, 0.05) is 31.7 Å². The van der Waals surface area contributed by atoms with Gasteiger partial charge in [0.1, 0.15) is 23.5 Å². The van der Waals surface area contributed by atoms with E-state index in [4.69, 9.17) is 0 Å². The molecule has 11 heteroatoms. The van der Waals surface area contributed by atoms with Crippen molar-refractivity contribution >= 4 is 21.8 Å². The minimum atomic E-state index is -4.42. The molecule has 2 aromatic carbocycles. The van der Waals surface area contributed by atoms with Crippen LogP contribution < -0.4 is 5.32 Å². The molecule has 1 N–H and O–H groups in total. The lowest BCUT2D eigenvalue weighted by Crippen LogP contribution is -2.57. The maximum absolute atomic E-state index is 14.0. The van der Waals surface area contributed by atoms with Crippen LogP contribution in [0.1, 0.15) is 24.2 Å². The van der Waals surface area contributed by atoms with Gasteiger partial charge in [0.15, 0.2) is 4.90 Å². The summed E-state index contributed by atoms with van der Waals surface area (Å²) < 4.78 is 67.5. The predicted molar refractivity (Wildman–Crippen MR) is 114 cm³/mol. The van der Waals surface area contributed by atoms with E-state index in [9.17, 15) is 31.2 Å². The van der Waals surface area contributed by atoms with Crippen molar-refractivity contribution < 1.29 is 31.2 Å². The van der Waals surface area contributed by atoms with Gasteiger partial charge in [-0.25, -0.2) is 21.6 Å². The first-order chi connectivity index (χ1) is 15.5. The van der Waals surface area contributed by atoms with E-state index in [1.807, 2.05) is 0 Å². The number of carbonyl (C=O) groups is 2. The molecule has 178 valence electrons. The van der Waals surface area contributed by atoms with E-state index in [0.29, 0.717) is 0 Å². The molecule has 0 aliphatic carbocycles. The predicted octanol–water partition coefficient (Wildman–Crippen LogP) is 2.39. The minimum Gasteiger partial charge on any atom is -0.340 e. The highest BCUT2D eigenvalue weighted by atomic mass is 32.2. The summed E-state index contributed by atoms with van der Waals surface area (Å²) >= 11 is 0. The van der Waals surface area contributed by atoms with Crippen LogP contribution in [-0.2, 0) is 14.8 Å². The lowest BCUT2D eigenvalue weighted by molar-refractivity contribution is -0.135. The Balaban J connectivity index is 1.69. The van der Waals surface area contributed by atoms with Gasteiger partial charge < -0.3 is 10.2 Å². The summed E-state index contributed by atoms with van der Waals surface area (Å²) in [7, 11) is -4.42. The molecule has 2 amide bonds. The Morgan fingerprint density at radius 1 is 0.909 bits per heavy atom. The molecule has 1 aliphatic rings. The molecule has 1 unspecified atom stereocenters. The molecule has 3 rings (SSSR count). The SMILES string of the molecule is CC(C)C(NC(=O)c1ccc(F)cc1)C(=O)N1CCN(S(=O)(=O)c2c(F)cccc2F)CC1. The van der Waals surface area contributed by atoms with Crippen LogP contribution in [0.4, 0.5) is 13.2 Å². The third-order valence-electron chi connectivity index (χ3n) is 5.39. The van der Waals surface area contributed by atoms with Gasteiger partial charge in [-0.1, -0.05) is 19.9 Å². The molecule has 0 aromatic heterocycles. The highest BCUT2D eigenvalue weighted by Crippen LogP contribution is 2.24. The molecule has 1 saturated heterocycles. The van der Waals surface area contributed by atoms with Gasteiger partial charge in [-0.05, 0) is 42.3 Å². The maximum Gasteiger partial charge on any atom is 0.251 e. The number of amides is 2. The van der Waals surface area contributed by atoms with Crippen molar-refractivity contribution in [1.29, 1.82) is 0 Å². The zero-order valence-electron chi connectivity index (χ0n) is 18.1. The maximum atomic E-state index is 14.0.